The van der Waals surface area contributed by atoms with Crippen LogP contribution in [0.2, 0.25) is 0 Å². The van der Waals surface area contributed by atoms with Gasteiger partial charge in [-0.2, -0.15) is 0 Å². The summed E-state index contributed by atoms with van der Waals surface area (Å²) in [6.45, 7) is 2.55. The summed E-state index contributed by atoms with van der Waals surface area (Å²) < 4.78 is 10.2. The van der Waals surface area contributed by atoms with Crippen LogP contribution in [0.25, 0.3) is 11.0 Å². The first kappa shape index (κ1) is 14.7. The number of aromatic nitrogens is 2. The van der Waals surface area contributed by atoms with Gasteiger partial charge in [-0.3, -0.25) is 4.79 Å². The summed E-state index contributed by atoms with van der Waals surface area (Å²) in [6, 6.07) is 5.62. The van der Waals surface area contributed by atoms with Gasteiger partial charge in [0.25, 0.3) is 0 Å². The molecule has 0 unspecified atom stereocenters. The van der Waals surface area contributed by atoms with Crippen molar-refractivity contribution in [1.29, 1.82) is 0 Å². The number of benzene rings is 1. The Morgan fingerprint density at radius 3 is 3.05 bits per heavy atom. The van der Waals surface area contributed by atoms with Gasteiger partial charge in [0.1, 0.15) is 5.75 Å². The number of hydrogen-bond donors (Lipinski definition) is 1. The number of carbonyl (C=O) groups is 1. The van der Waals surface area contributed by atoms with Gasteiger partial charge < -0.3 is 14.5 Å². The number of thioether (sulfide) groups is 1. The first-order valence-electron chi connectivity index (χ1n) is 6.55. The lowest BCUT2D eigenvalue weighted by Gasteiger charge is -2.01. The van der Waals surface area contributed by atoms with Crippen LogP contribution in [0.5, 0.6) is 5.75 Å². The number of unbranched alkanes of at least 4 members (excludes halogenated alkanes) is 1. The first-order chi connectivity index (χ1) is 9.72. The number of nitrogens with zero attached hydrogens (tertiary/aromatic N) is 1. The molecule has 6 heteroatoms. The van der Waals surface area contributed by atoms with Crippen LogP contribution in [0.15, 0.2) is 23.4 Å². The van der Waals surface area contributed by atoms with Crippen molar-refractivity contribution in [2.24, 2.45) is 0 Å². The number of ether oxygens (including phenoxy) is 2. The molecule has 0 aliphatic rings. The highest BCUT2D eigenvalue weighted by atomic mass is 32.2. The summed E-state index contributed by atoms with van der Waals surface area (Å²) in [4.78, 5) is 19.1. The SMILES string of the molecule is CCCCOC(=O)CSc1nc2ccc(OC)cc2[nH]1. The minimum absolute atomic E-state index is 0.207. The van der Waals surface area contributed by atoms with Crippen LogP contribution in [0.4, 0.5) is 0 Å². The van der Waals surface area contributed by atoms with Crippen LogP contribution < -0.4 is 4.74 Å². The predicted molar refractivity (Wildman–Crippen MR) is 79.2 cm³/mol. The molecule has 20 heavy (non-hydrogen) atoms. The summed E-state index contributed by atoms with van der Waals surface area (Å²) in [5, 5.41) is 0.709. The Balaban J connectivity index is 1.91. The zero-order chi connectivity index (χ0) is 14.4. The van der Waals surface area contributed by atoms with Crippen molar-refractivity contribution in [3.63, 3.8) is 0 Å². The van der Waals surface area contributed by atoms with Crippen molar-refractivity contribution in [3.05, 3.63) is 18.2 Å². The average molecular weight is 294 g/mol. The molecule has 108 valence electrons. The van der Waals surface area contributed by atoms with Gasteiger partial charge in [-0.1, -0.05) is 25.1 Å². The van der Waals surface area contributed by atoms with Crippen molar-refractivity contribution < 1.29 is 14.3 Å². The molecule has 5 nitrogen and oxygen atoms in total. The third kappa shape index (κ3) is 3.90. The van der Waals surface area contributed by atoms with Crippen LogP contribution in [0.1, 0.15) is 19.8 Å². The van der Waals surface area contributed by atoms with Gasteiger partial charge in [-0.15, -0.1) is 0 Å². The summed E-state index contributed by atoms with van der Waals surface area (Å²) >= 11 is 1.34. The minimum Gasteiger partial charge on any atom is -0.497 e. The van der Waals surface area contributed by atoms with Gasteiger partial charge in [0, 0.05) is 6.07 Å². The quantitative estimate of drug-likeness (QED) is 0.483. The van der Waals surface area contributed by atoms with Crippen LogP contribution >= 0.6 is 11.8 Å². The van der Waals surface area contributed by atoms with Crippen molar-refractivity contribution in [2.75, 3.05) is 19.5 Å². The first-order valence-corrected chi connectivity index (χ1v) is 7.53. The molecule has 0 saturated carbocycles. The summed E-state index contributed by atoms with van der Waals surface area (Å²) in [5.41, 5.74) is 1.75. The summed E-state index contributed by atoms with van der Waals surface area (Å²) in [5.74, 6) is 0.832. The predicted octanol–water partition coefficient (Wildman–Crippen LogP) is 3.01. The number of nitrogens with one attached hydrogen (secondary N) is 1. The Labute approximate surface area is 122 Å². The molecule has 0 fully saturated rings. The molecule has 0 saturated heterocycles. The zero-order valence-corrected chi connectivity index (χ0v) is 12.5. The maximum atomic E-state index is 11.5. The molecule has 0 aliphatic carbocycles. The van der Waals surface area contributed by atoms with Gasteiger partial charge in [-0.05, 0) is 18.6 Å². The summed E-state index contributed by atoms with van der Waals surface area (Å²) in [7, 11) is 1.62. The van der Waals surface area contributed by atoms with Crippen LogP contribution in [0, 0.1) is 0 Å². The number of rotatable bonds is 7. The lowest BCUT2D eigenvalue weighted by atomic mass is 10.3. The fourth-order valence-corrected chi connectivity index (χ4v) is 2.34. The Kier molecular flexibility index (Phi) is 5.29. The lowest BCUT2D eigenvalue weighted by Crippen LogP contribution is -2.08. The number of H-pyrrole nitrogens is 1. The van der Waals surface area contributed by atoms with E-state index in [1.165, 1.54) is 11.8 Å². The molecular weight excluding hydrogens is 276 g/mol. The van der Waals surface area contributed by atoms with E-state index in [-0.39, 0.29) is 11.7 Å². The van der Waals surface area contributed by atoms with E-state index < -0.39 is 0 Å². The van der Waals surface area contributed by atoms with E-state index >= 15 is 0 Å². The van der Waals surface area contributed by atoms with E-state index in [9.17, 15) is 4.79 Å². The summed E-state index contributed by atoms with van der Waals surface area (Å²) in [6.07, 6.45) is 1.92. The third-order valence-electron chi connectivity index (χ3n) is 2.75. The van der Waals surface area contributed by atoms with Crippen molar-refractivity contribution >= 4 is 28.8 Å². The van der Waals surface area contributed by atoms with Crippen LogP contribution in [-0.4, -0.2) is 35.4 Å². The topological polar surface area (TPSA) is 64.2 Å². The van der Waals surface area contributed by atoms with E-state index in [2.05, 4.69) is 16.9 Å². The smallest absolute Gasteiger partial charge is 0.316 e. The molecule has 0 bridgehead atoms. The standard InChI is InChI=1S/C14H18N2O3S/c1-3-4-7-19-13(17)9-20-14-15-11-6-5-10(18-2)8-12(11)16-14/h5-6,8H,3-4,7,9H2,1-2H3,(H,15,16). The highest BCUT2D eigenvalue weighted by molar-refractivity contribution is 7.99. The molecule has 2 aromatic rings. The number of esters is 1. The molecule has 1 heterocycles. The highest BCUT2D eigenvalue weighted by Gasteiger charge is 2.08. The molecule has 2 rings (SSSR count). The van der Waals surface area contributed by atoms with Crippen molar-refractivity contribution in [2.45, 2.75) is 24.9 Å². The fourth-order valence-electron chi connectivity index (χ4n) is 1.66. The molecule has 0 spiro atoms. The maximum absolute atomic E-state index is 11.5. The van der Waals surface area contributed by atoms with Gasteiger partial charge in [0.15, 0.2) is 5.16 Å². The Morgan fingerprint density at radius 2 is 2.30 bits per heavy atom. The van der Waals surface area contributed by atoms with E-state index in [4.69, 9.17) is 9.47 Å². The number of hydrogen-bond acceptors (Lipinski definition) is 5. The van der Waals surface area contributed by atoms with E-state index in [1.54, 1.807) is 7.11 Å². The fraction of sp³-hybridized carbons (Fsp3) is 0.429. The lowest BCUT2D eigenvalue weighted by molar-refractivity contribution is -0.140. The number of imidazole rings is 1. The second-order valence-electron chi connectivity index (χ2n) is 4.29. The Bertz CT molecular complexity index is 583. The number of aromatic amines is 1. The van der Waals surface area contributed by atoms with Gasteiger partial charge in [0.2, 0.25) is 0 Å². The second-order valence-corrected chi connectivity index (χ2v) is 5.25. The highest BCUT2D eigenvalue weighted by Crippen LogP contribution is 2.23. The largest absolute Gasteiger partial charge is 0.497 e. The number of carbonyl (C=O) groups excluding carboxylic acids is 1. The zero-order valence-electron chi connectivity index (χ0n) is 11.6. The van der Waals surface area contributed by atoms with Crippen molar-refractivity contribution in [1.82, 2.24) is 9.97 Å². The van der Waals surface area contributed by atoms with E-state index in [1.807, 2.05) is 18.2 Å². The monoisotopic (exact) mass is 294 g/mol. The normalized spacial score (nSPS) is 10.7. The molecule has 0 aliphatic heterocycles. The van der Waals surface area contributed by atoms with E-state index in [0.29, 0.717) is 11.8 Å². The Hall–Kier alpha value is -1.69. The molecule has 1 N–H and O–H groups in total. The maximum Gasteiger partial charge on any atom is 0.316 e. The van der Waals surface area contributed by atoms with Crippen molar-refractivity contribution in [3.8, 4) is 5.75 Å². The molecule has 0 radical (unpaired) electrons. The van der Waals surface area contributed by atoms with Gasteiger partial charge in [0.05, 0.1) is 30.5 Å². The van der Waals surface area contributed by atoms with Crippen LogP contribution in [-0.2, 0) is 9.53 Å². The average Bonchev–Trinajstić information content (AvgIpc) is 2.87. The molecule has 1 aromatic carbocycles. The molecule has 1 aromatic heterocycles. The minimum atomic E-state index is -0.207. The molecule has 0 atom stereocenters. The van der Waals surface area contributed by atoms with E-state index in [0.717, 1.165) is 29.6 Å². The Morgan fingerprint density at radius 1 is 1.45 bits per heavy atom. The second kappa shape index (κ2) is 7.19. The van der Waals surface area contributed by atoms with Crippen LogP contribution in [0.3, 0.4) is 0 Å². The number of fused-ring (bicyclic) bond motifs is 1. The number of methoxy groups -OCH3 is 1. The van der Waals surface area contributed by atoms with Gasteiger partial charge >= 0.3 is 5.97 Å². The van der Waals surface area contributed by atoms with Gasteiger partial charge in [-0.25, -0.2) is 4.98 Å². The third-order valence-corrected chi connectivity index (χ3v) is 3.60. The molecular formula is C14H18N2O3S. The molecule has 0 amide bonds.